The molecule has 0 aliphatic heterocycles. The molecule has 0 heterocycles. The highest BCUT2D eigenvalue weighted by Crippen LogP contribution is 2.05. The van der Waals surface area contributed by atoms with E-state index < -0.39 is 17.4 Å². The molecular formula is C8H16N2O3S. The van der Waals surface area contributed by atoms with Crippen molar-refractivity contribution in [2.24, 2.45) is 5.73 Å². The van der Waals surface area contributed by atoms with Gasteiger partial charge in [0.25, 0.3) is 0 Å². The standard InChI is InChI=1S/C8H16N2O3S/c1-3-4-5-13-7(11)6(14-2)10-8(9)12/h6H,3-5H2,1-2H3,(H3,9,10,12). The number of nitrogens with two attached hydrogens (primary N) is 1. The summed E-state index contributed by atoms with van der Waals surface area (Å²) in [7, 11) is 0. The van der Waals surface area contributed by atoms with Gasteiger partial charge in [0.05, 0.1) is 6.61 Å². The van der Waals surface area contributed by atoms with Crippen LogP contribution >= 0.6 is 11.8 Å². The number of carbonyl (C=O) groups is 2. The molecule has 0 aromatic carbocycles. The molecule has 3 N–H and O–H groups in total. The van der Waals surface area contributed by atoms with Gasteiger partial charge in [-0.1, -0.05) is 13.3 Å². The molecule has 0 aromatic rings. The van der Waals surface area contributed by atoms with E-state index >= 15 is 0 Å². The van der Waals surface area contributed by atoms with Crippen LogP contribution < -0.4 is 11.1 Å². The van der Waals surface area contributed by atoms with Crippen molar-refractivity contribution in [3.05, 3.63) is 0 Å². The predicted octanol–water partition coefficient (Wildman–Crippen LogP) is 0.687. The lowest BCUT2D eigenvalue weighted by Gasteiger charge is -2.13. The van der Waals surface area contributed by atoms with E-state index in [9.17, 15) is 9.59 Å². The quantitative estimate of drug-likeness (QED) is 0.392. The van der Waals surface area contributed by atoms with Gasteiger partial charge in [-0.15, -0.1) is 11.8 Å². The van der Waals surface area contributed by atoms with Gasteiger partial charge in [-0.05, 0) is 12.7 Å². The number of carbonyl (C=O) groups excluding carboxylic acids is 2. The number of primary amides is 1. The molecule has 1 atom stereocenters. The van der Waals surface area contributed by atoms with Gasteiger partial charge in [-0.3, -0.25) is 0 Å². The second-order valence-electron chi connectivity index (χ2n) is 2.65. The molecule has 5 nitrogen and oxygen atoms in total. The zero-order valence-electron chi connectivity index (χ0n) is 8.41. The Labute approximate surface area is 87.7 Å². The van der Waals surface area contributed by atoms with Gasteiger partial charge >= 0.3 is 12.0 Å². The minimum atomic E-state index is -0.725. The van der Waals surface area contributed by atoms with Crippen LogP contribution in [0.5, 0.6) is 0 Å². The molecule has 82 valence electrons. The van der Waals surface area contributed by atoms with Crippen LogP contribution in [-0.4, -0.2) is 30.2 Å². The molecule has 0 bridgehead atoms. The summed E-state index contributed by atoms with van der Waals surface area (Å²) in [5, 5.41) is 1.58. The van der Waals surface area contributed by atoms with Crippen molar-refractivity contribution >= 4 is 23.8 Å². The van der Waals surface area contributed by atoms with Gasteiger partial charge in [-0.2, -0.15) is 0 Å². The topological polar surface area (TPSA) is 81.4 Å². The first kappa shape index (κ1) is 13.1. The van der Waals surface area contributed by atoms with Gasteiger partial charge in [0.1, 0.15) is 0 Å². The summed E-state index contributed by atoms with van der Waals surface area (Å²) in [5.74, 6) is -0.454. The molecule has 0 fully saturated rings. The maximum absolute atomic E-state index is 11.3. The SMILES string of the molecule is CCCCOC(=O)C(NC(N)=O)SC. The molecule has 0 saturated carbocycles. The Kier molecular flexibility index (Phi) is 7.00. The zero-order valence-corrected chi connectivity index (χ0v) is 9.23. The third kappa shape index (κ3) is 5.69. The fourth-order valence-corrected chi connectivity index (χ4v) is 1.23. The zero-order chi connectivity index (χ0) is 11.0. The van der Waals surface area contributed by atoms with Crippen molar-refractivity contribution in [3.63, 3.8) is 0 Å². The summed E-state index contributed by atoms with van der Waals surface area (Å²) in [4.78, 5) is 21.8. The summed E-state index contributed by atoms with van der Waals surface area (Å²) in [6, 6.07) is -0.725. The predicted molar refractivity (Wildman–Crippen MR) is 55.9 cm³/mol. The Hall–Kier alpha value is -0.910. The van der Waals surface area contributed by atoms with E-state index in [4.69, 9.17) is 10.5 Å². The minimum Gasteiger partial charge on any atom is -0.464 e. The first-order valence-electron chi connectivity index (χ1n) is 4.37. The summed E-state index contributed by atoms with van der Waals surface area (Å²) < 4.78 is 4.91. The van der Waals surface area contributed by atoms with Gasteiger partial charge in [0.15, 0.2) is 5.37 Å². The number of urea groups is 1. The molecule has 0 radical (unpaired) electrons. The Bertz CT molecular complexity index is 199. The monoisotopic (exact) mass is 220 g/mol. The number of amides is 2. The molecule has 0 rings (SSSR count). The molecule has 6 heteroatoms. The van der Waals surface area contributed by atoms with Gasteiger partial charge < -0.3 is 15.8 Å². The smallest absolute Gasteiger partial charge is 0.339 e. The Morgan fingerprint density at radius 3 is 2.64 bits per heavy atom. The summed E-state index contributed by atoms with van der Waals surface area (Å²) in [5.41, 5.74) is 4.89. The first-order chi connectivity index (χ1) is 6.61. The van der Waals surface area contributed by atoms with Crippen LogP contribution in [0.15, 0.2) is 0 Å². The maximum atomic E-state index is 11.3. The lowest BCUT2D eigenvalue weighted by Crippen LogP contribution is -2.42. The van der Waals surface area contributed by atoms with Crippen molar-refractivity contribution < 1.29 is 14.3 Å². The van der Waals surface area contributed by atoms with E-state index in [-0.39, 0.29) is 0 Å². The van der Waals surface area contributed by atoms with E-state index in [1.165, 1.54) is 11.8 Å². The third-order valence-corrected chi connectivity index (χ3v) is 2.25. The number of nitrogens with one attached hydrogen (secondary N) is 1. The van der Waals surface area contributed by atoms with Crippen molar-refractivity contribution in [2.75, 3.05) is 12.9 Å². The van der Waals surface area contributed by atoms with Crippen molar-refractivity contribution in [1.82, 2.24) is 5.32 Å². The molecular weight excluding hydrogens is 204 g/mol. The second-order valence-corrected chi connectivity index (χ2v) is 3.59. The fraction of sp³-hybridized carbons (Fsp3) is 0.750. The van der Waals surface area contributed by atoms with Crippen LogP contribution in [0.2, 0.25) is 0 Å². The van der Waals surface area contributed by atoms with E-state index in [1.807, 2.05) is 6.92 Å². The number of unbranched alkanes of at least 4 members (excludes halogenated alkanes) is 1. The van der Waals surface area contributed by atoms with Crippen LogP contribution in [-0.2, 0) is 9.53 Å². The molecule has 2 amide bonds. The molecule has 0 aliphatic carbocycles. The molecule has 1 unspecified atom stereocenters. The number of ether oxygens (including phenoxy) is 1. The third-order valence-electron chi connectivity index (χ3n) is 1.47. The summed E-state index contributed by atoms with van der Waals surface area (Å²) in [6.45, 7) is 2.38. The molecule has 0 spiro atoms. The summed E-state index contributed by atoms with van der Waals surface area (Å²) in [6.07, 6.45) is 3.48. The van der Waals surface area contributed by atoms with Crippen LogP contribution in [0.4, 0.5) is 4.79 Å². The average molecular weight is 220 g/mol. The Morgan fingerprint density at radius 1 is 1.57 bits per heavy atom. The van der Waals surface area contributed by atoms with Crippen LogP contribution in [0.1, 0.15) is 19.8 Å². The van der Waals surface area contributed by atoms with Gasteiger partial charge in [0.2, 0.25) is 0 Å². The van der Waals surface area contributed by atoms with Crippen molar-refractivity contribution in [3.8, 4) is 0 Å². The van der Waals surface area contributed by atoms with E-state index in [0.717, 1.165) is 12.8 Å². The normalized spacial score (nSPS) is 11.9. The highest BCUT2D eigenvalue weighted by atomic mass is 32.2. The molecule has 0 aliphatic rings. The van der Waals surface area contributed by atoms with Crippen molar-refractivity contribution in [1.29, 1.82) is 0 Å². The molecule has 0 aromatic heterocycles. The lowest BCUT2D eigenvalue weighted by molar-refractivity contribution is -0.143. The molecule has 14 heavy (non-hydrogen) atoms. The van der Waals surface area contributed by atoms with Crippen LogP contribution in [0.25, 0.3) is 0 Å². The number of hydrogen-bond acceptors (Lipinski definition) is 4. The largest absolute Gasteiger partial charge is 0.464 e. The maximum Gasteiger partial charge on any atom is 0.339 e. The lowest BCUT2D eigenvalue weighted by atomic mass is 10.4. The van der Waals surface area contributed by atoms with Crippen molar-refractivity contribution in [2.45, 2.75) is 25.1 Å². The number of hydrogen-bond donors (Lipinski definition) is 2. The Morgan fingerprint density at radius 2 is 2.21 bits per heavy atom. The number of thioether (sulfide) groups is 1. The van der Waals surface area contributed by atoms with Gasteiger partial charge in [-0.25, -0.2) is 9.59 Å². The highest BCUT2D eigenvalue weighted by molar-refractivity contribution is 7.99. The Balaban J connectivity index is 3.85. The van der Waals surface area contributed by atoms with Crippen LogP contribution in [0, 0.1) is 0 Å². The van der Waals surface area contributed by atoms with E-state index in [2.05, 4.69) is 5.32 Å². The number of rotatable bonds is 6. The molecule has 0 saturated heterocycles. The van der Waals surface area contributed by atoms with E-state index in [0.29, 0.717) is 6.61 Å². The minimum absolute atomic E-state index is 0.382. The summed E-state index contributed by atoms with van der Waals surface area (Å²) >= 11 is 1.18. The van der Waals surface area contributed by atoms with E-state index in [1.54, 1.807) is 6.26 Å². The average Bonchev–Trinajstić information content (AvgIpc) is 2.14. The van der Waals surface area contributed by atoms with Gasteiger partial charge in [0, 0.05) is 0 Å². The first-order valence-corrected chi connectivity index (χ1v) is 5.66. The number of esters is 1. The fourth-order valence-electron chi connectivity index (χ4n) is 0.736. The van der Waals surface area contributed by atoms with Crippen LogP contribution in [0.3, 0.4) is 0 Å². The highest BCUT2D eigenvalue weighted by Gasteiger charge is 2.19. The second kappa shape index (κ2) is 7.49.